The molecule has 0 aromatic heterocycles. The molecule has 4 saturated carbocycles. The van der Waals surface area contributed by atoms with Crippen molar-refractivity contribution in [2.24, 2.45) is 46.3 Å². The van der Waals surface area contributed by atoms with Crippen LogP contribution in [0.1, 0.15) is 79.1 Å². The number of ether oxygens (including phenoxy) is 2. The Balaban J connectivity index is 1.30. The maximum atomic E-state index is 11.7. The normalized spacial score (nSPS) is 64.7. The smallest absolute Gasteiger partial charge is 0.171 e. The number of hydrogen-bond acceptors (Lipinski definition) is 6. The highest BCUT2D eigenvalue weighted by atomic mass is 16.7. The van der Waals surface area contributed by atoms with E-state index < -0.39 is 35.1 Å². The van der Waals surface area contributed by atoms with E-state index in [9.17, 15) is 20.4 Å². The maximum Gasteiger partial charge on any atom is 0.171 e. The van der Waals surface area contributed by atoms with Gasteiger partial charge < -0.3 is 29.9 Å². The second-order valence-electron chi connectivity index (χ2n) is 13.5. The first-order chi connectivity index (χ1) is 15.5. The molecule has 6 aliphatic rings. The van der Waals surface area contributed by atoms with Crippen LogP contribution < -0.4 is 0 Å². The SMILES string of the molecule is C[C@H]1CC[C@@]2(OC1)O[C@H]1C[C@@H]3[C@@H]4CC[C@]5(O)C[C@@H](O)[C@@H](O)[C@@H](O)[C@]5(C)[C@H]4CC[C@]3(C)[C@H]1[C@@H]2C. The van der Waals surface area contributed by atoms with Gasteiger partial charge in [-0.15, -0.1) is 0 Å². The summed E-state index contributed by atoms with van der Waals surface area (Å²) in [6, 6.07) is 0. The van der Waals surface area contributed by atoms with Crippen molar-refractivity contribution in [2.45, 2.75) is 115 Å². The first kappa shape index (κ1) is 23.2. The molecular weight excluding hydrogens is 420 g/mol. The Kier molecular flexibility index (Phi) is 5.03. The van der Waals surface area contributed by atoms with Crippen LogP contribution in [-0.2, 0) is 9.47 Å². The largest absolute Gasteiger partial charge is 0.390 e. The van der Waals surface area contributed by atoms with E-state index in [4.69, 9.17) is 9.47 Å². The lowest BCUT2D eigenvalue weighted by molar-refractivity contribution is -0.290. The van der Waals surface area contributed by atoms with Gasteiger partial charge in [0.1, 0.15) is 6.10 Å². The van der Waals surface area contributed by atoms with Gasteiger partial charge in [-0.1, -0.05) is 27.7 Å². The Morgan fingerprint density at radius 1 is 0.909 bits per heavy atom. The molecular formula is C27H44O6. The quantitative estimate of drug-likeness (QED) is 0.440. The highest BCUT2D eigenvalue weighted by molar-refractivity contribution is 5.20. The summed E-state index contributed by atoms with van der Waals surface area (Å²) < 4.78 is 13.2. The van der Waals surface area contributed by atoms with Gasteiger partial charge in [0.25, 0.3) is 0 Å². The van der Waals surface area contributed by atoms with Crippen LogP contribution >= 0.6 is 0 Å². The maximum absolute atomic E-state index is 11.7. The molecule has 1 spiro atoms. The second-order valence-corrected chi connectivity index (χ2v) is 13.5. The molecule has 0 aromatic carbocycles. The van der Waals surface area contributed by atoms with Gasteiger partial charge in [0.05, 0.1) is 30.5 Å². The van der Waals surface area contributed by atoms with Crippen LogP contribution in [0.3, 0.4) is 0 Å². The molecule has 33 heavy (non-hydrogen) atoms. The summed E-state index contributed by atoms with van der Waals surface area (Å²) in [6.45, 7) is 9.85. The Bertz CT molecular complexity index is 795. The molecule has 6 fully saturated rings. The first-order valence-corrected chi connectivity index (χ1v) is 13.6. The van der Waals surface area contributed by atoms with Crippen molar-refractivity contribution >= 4 is 0 Å². The third-order valence-electron chi connectivity index (χ3n) is 12.2. The van der Waals surface area contributed by atoms with Gasteiger partial charge in [-0.2, -0.15) is 0 Å². The summed E-state index contributed by atoms with van der Waals surface area (Å²) in [7, 11) is 0. The lowest BCUT2D eigenvalue weighted by Crippen LogP contribution is -2.71. The van der Waals surface area contributed by atoms with Crippen molar-refractivity contribution in [3.05, 3.63) is 0 Å². The van der Waals surface area contributed by atoms with Crippen LogP contribution in [0.5, 0.6) is 0 Å². The minimum atomic E-state index is -1.20. The van der Waals surface area contributed by atoms with Crippen molar-refractivity contribution < 1.29 is 29.9 Å². The van der Waals surface area contributed by atoms with Gasteiger partial charge in [-0.05, 0) is 73.5 Å². The number of hydrogen-bond donors (Lipinski definition) is 4. The number of aliphatic hydroxyl groups is 4. The zero-order valence-electron chi connectivity index (χ0n) is 20.7. The zero-order valence-corrected chi connectivity index (χ0v) is 20.7. The Morgan fingerprint density at radius 3 is 2.36 bits per heavy atom. The summed E-state index contributed by atoms with van der Waals surface area (Å²) in [5.41, 5.74) is -1.76. The molecule has 2 aliphatic heterocycles. The standard InChI is InChI=1S/C27H44O6/c1-14-5-10-27(32-13-14)15(2)21-20(33-27)11-18-16-6-9-26(31)12-19(28)22(29)23(30)25(26,4)17(16)7-8-24(18,21)3/h14-23,28-31H,5-13H2,1-4H3/t14-,15-,16+,17-,18+,19+,20-,21-,22+,23+,24-,25-,26-,27+/m0/s1. The molecule has 0 radical (unpaired) electrons. The molecule has 14 atom stereocenters. The van der Waals surface area contributed by atoms with Gasteiger partial charge in [0, 0.05) is 24.2 Å². The van der Waals surface area contributed by atoms with E-state index in [0.717, 1.165) is 45.1 Å². The van der Waals surface area contributed by atoms with Crippen molar-refractivity contribution in [1.82, 2.24) is 0 Å². The molecule has 6 rings (SSSR count). The molecule has 0 bridgehead atoms. The number of rotatable bonds is 0. The van der Waals surface area contributed by atoms with Crippen LogP contribution in [-0.4, -0.2) is 62.8 Å². The van der Waals surface area contributed by atoms with E-state index in [1.807, 2.05) is 6.92 Å². The third kappa shape index (κ3) is 2.77. The number of aliphatic hydroxyl groups excluding tert-OH is 3. The molecule has 2 heterocycles. The summed E-state index contributed by atoms with van der Waals surface area (Å²) in [4.78, 5) is 0. The highest BCUT2D eigenvalue weighted by Crippen LogP contribution is 2.71. The van der Waals surface area contributed by atoms with Gasteiger partial charge in [0.15, 0.2) is 5.79 Å². The van der Waals surface area contributed by atoms with Crippen molar-refractivity contribution in [2.75, 3.05) is 6.61 Å². The van der Waals surface area contributed by atoms with E-state index in [2.05, 4.69) is 20.8 Å². The topological polar surface area (TPSA) is 99.4 Å². The zero-order chi connectivity index (χ0) is 23.6. The minimum absolute atomic E-state index is 0.140. The molecule has 4 aliphatic carbocycles. The van der Waals surface area contributed by atoms with Crippen molar-refractivity contribution in [1.29, 1.82) is 0 Å². The van der Waals surface area contributed by atoms with E-state index in [1.165, 1.54) is 0 Å². The van der Waals surface area contributed by atoms with Crippen molar-refractivity contribution in [3.63, 3.8) is 0 Å². The predicted molar refractivity (Wildman–Crippen MR) is 122 cm³/mol. The second kappa shape index (κ2) is 7.17. The van der Waals surface area contributed by atoms with E-state index in [-0.39, 0.29) is 23.9 Å². The minimum Gasteiger partial charge on any atom is -0.390 e. The molecule has 4 N–H and O–H groups in total. The van der Waals surface area contributed by atoms with Gasteiger partial charge in [-0.3, -0.25) is 0 Å². The fourth-order valence-corrected chi connectivity index (χ4v) is 10.3. The average molecular weight is 465 g/mol. The van der Waals surface area contributed by atoms with Gasteiger partial charge >= 0.3 is 0 Å². The van der Waals surface area contributed by atoms with Gasteiger partial charge in [-0.25, -0.2) is 0 Å². The molecule has 2 saturated heterocycles. The molecule has 188 valence electrons. The highest BCUT2D eigenvalue weighted by Gasteiger charge is 2.72. The summed E-state index contributed by atoms with van der Waals surface area (Å²) in [5.74, 6) is 2.07. The monoisotopic (exact) mass is 464 g/mol. The Labute approximate surface area is 198 Å². The van der Waals surface area contributed by atoms with E-state index >= 15 is 0 Å². The lowest BCUT2D eigenvalue weighted by atomic mass is 9.42. The average Bonchev–Trinajstić information content (AvgIpc) is 3.21. The third-order valence-corrected chi connectivity index (χ3v) is 12.2. The fourth-order valence-electron chi connectivity index (χ4n) is 10.3. The van der Waals surface area contributed by atoms with Crippen LogP contribution in [0.15, 0.2) is 0 Å². The molecule has 0 unspecified atom stereocenters. The fraction of sp³-hybridized carbons (Fsp3) is 1.00. The Morgan fingerprint density at radius 2 is 1.67 bits per heavy atom. The molecule has 6 nitrogen and oxygen atoms in total. The van der Waals surface area contributed by atoms with Crippen LogP contribution in [0.4, 0.5) is 0 Å². The van der Waals surface area contributed by atoms with Crippen LogP contribution in [0.25, 0.3) is 0 Å². The van der Waals surface area contributed by atoms with E-state index in [1.54, 1.807) is 0 Å². The lowest BCUT2D eigenvalue weighted by Gasteiger charge is -2.66. The van der Waals surface area contributed by atoms with Crippen LogP contribution in [0, 0.1) is 46.3 Å². The van der Waals surface area contributed by atoms with Gasteiger partial charge in [0.2, 0.25) is 0 Å². The molecule has 6 heteroatoms. The van der Waals surface area contributed by atoms with E-state index in [0.29, 0.717) is 36.0 Å². The molecule has 0 amide bonds. The Hall–Kier alpha value is -0.240. The molecule has 0 aromatic rings. The van der Waals surface area contributed by atoms with Crippen LogP contribution in [0.2, 0.25) is 0 Å². The summed E-state index contributed by atoms with van der Waals surface area (Å²) in [5, 5.41) is 43.8. The number of fused-ring (bicyclic) bond motifs is 7. The first-order valence-electron chi connectivity index (χ1n) is 13.6. The van der Waals surface area contributed by atoms with Crippen molar-refractivity contribution in [3.8, 4) is 0 Å². The summed E-state index contributed by atoms with van der Waals surface area (Å²) in [6.07, 6.45) is 3.67. The predicted octanol–water partition coefficient (Wildman–Crippen LogP) is 2.85. The summed E-state index contributed by atoms with van der Waals surface area (Å²) >= 11 is 0.